The van der Waals surface area contributed by atoms with Crippen molar-refractivity contribution < 1.29 is 19.5 Å². The average molecular weight is 578 g/mol. The Morgan fingerprint density at radius 2 is 1.33 bits per heavy atom. The van der Waals surface area contributed by atoms with Gasteiger partial charge in [0.25, 0.3) is 5.91 Å². The van der Waals surface area contributed by atoms with Gasteiger partial charge in [-0.3, -0.25) is 14.4 Å². The van der Waals surface area contributed by atoms with Gasteiger partial charge in [-0.15, -0.1) is 0 Å². The number of carbonyl (C=O) groups is 3. The molecule has 4 aromatic carbocycles. The standard InChI is InChI=1S/C36H39N3O4/c1-3-13-32(37-38-36(43)31-22-28-18-11-12-19-29(28)23-34(31)41)30(4-2)33(40)20-21-35(42)39(24-26-14-7-5-8-15-26)25-27-16-9-6-10-17-27/h5-12,14-19,22-23,30,41H,3-4,13,20-21,24-25H2,1-2H3,(H,38,43)/b37-32-. The monoisotopic (exact) mass is 577 g/mol. The lowest BCUT2D eigenvalue weighted by atomic mass is 9.90. The van der Waals surface area contributed by atoms with E-state index in [9.17, 15) is 19.5 Å². The fourth-order valence-corrected chi connectivity index (χ4v) is 5.21. The summed E-state index contributed by atoms with van der Waals surface area (Å²) >= 11 is 0. The van der Waals surface area contributed by atoms with E-state index in [-0.39, 0.29) is 35.8 Å². The first-order valence-electron chi connectivity index (χ1n) is 14.9. The zero-order valence-corrected chi connectivity index (χ0v) is 24.8. The predicted molar refractivity (Wildman–Crippen MR) is 171 cm³/mol. The van der Waals surface area contributed by atoms with Crippen LogP contribution in [0.4, 0.5) is 0 Å². The van der Waals surface area contributed by atoms with Crippen molar-refractivity contribution in [3.63, 3.8) is 0 Å². The van der Waals surface area contributed by atoms with Gasteiger partial charge >= 0.3 is 0 Å². The smallest absolute Gasteiger partial charge is 0.275 e. The molecule has 0 saturated carbocycles. The second kappa shape index (κ2) is 15.4. The number of hydrazone groups is 1. The molecule has 4 rings (SSSR count). The summed E-state index contributed by atoms with van der Waals surface area (Å²) in [6, 6.07) is 30.3. The fraction of sp³-hybridized carbons (Fsp3) is 0.278. The summed E-state index contributed by atoms with van der Waals surface area (Å²) in [7, 11) is 0. The Bertz CT molecular complexity index is 1530. The molecule has 0 aromatic heterocycles. The van der Waals surface area contributed by atoms with Crippen molar-refractivity contribution in [1.29, 1.82) is 0 Å². The lowest BCUT2D eigenvalue weighted by molar-refractivity contribution is -0.134. The van der Waals surface area contributed by atoms with Crippen LogP contribution in [0, 0.1) is 5.92 Å². The van der Waals surface area contributed by atoms with E-state index < -0.39 is 11.8 Å². The third kappa shape index (κ3) is 8.61. The van der Waals surface area contributed by atoms with Crippen LogP contribution in [-0.2, 0) is 22.7 Å². The summed E-state index contributed by atoms with van der Waals surface area (Å²) in [6.45, 7) is 4.80. The number of Topliss-reactive ketones (excluding diaryl/α,β-unsaturated/α-hetero) is 1. The maximum atomic E-state index is 13.4. The van der Waals surface area contributed by atoms with Crippen LogP contribution in [0.3, 0.4) is 0 Å². The van der Waals surface area contributed by atoms with Gasteiger partial charge in [-0.1, -0.05) is 105 Å². The van der Waals surface area contributed by atoms with Crippen molar-refractivity contribution >= 4 is 34.1 Å². The van der Waals surface area contributed by atoms with E-state index in [1.165, 1.54) is 0 Å². The highest BCUT2D eigenvalue weighted by Crippen LogP contribution is 2.25. The second-order valence-corrected chi connectivity index (χ2v) is 10.7. The van der Waals surface area contributed by atoms with E-state index in [4.69, 9.17) is 0 Å². The summed E-state index contributed by atoms with van der Waals surface area (Å²) in [5, 5.41) is 16.5. The van der Waals surface area contributed by atoms with E-state index in [2.05, 4.69) is 10.5 Å². The molecule has 0 spiro atoms. The highest BCUT2D eigenvalue weighted by atomic mass is 16.3. The van der Waals surface area contributed by atoms with Gasteiger partial charge in [0.1, 0.15) is 11.5 Å². The molecule has 43 heavy (non-hydrogen) atoms. The van der Waals surface area contributed by atoms with Gasteiger partial charge in [-0.05, 0) is 46.9 Å². The first kappa shape index (κ1) is 31.2. The number of amides is 2. The van der Waals surface area contributed by atoms with Crippen LogP contribution in [0.1, 0.15) is 67.4 Å². The molecule has 2 N–H and O–H groups in total. The van der Waals surface area contributed by atoms with Crippen molar-refractivity contribution in [2.24, 2.45) is 11.0 Å². The maximum Gasteiger partial charge on any atom is 0.275 e. The molecule has 0 fully saturated rings. The molecular weight excluding hydrogens is 538 g/mol. The van der Waals surface area contributed by atoms with Gasteiger partial charge in [-0.2, -0.15) is 5.10 Å². The molecule has 0 heterocycles. The summed E-state index contributed by atoms with van der Waals surface area (Å²) in [5.41, 5.74) is 5.29. The molecule has 0 aliphatic heterocycles. The van der Waals surface area contributed by atoms with E-state index in [0.29, 0.717) is 31.6 Å². The van der Waals surface area contributed by atoms with Crippen LogP contribution in [0.25, 0.3) is 10.8 Å². The first-order chi connectivity index (χ1) is 20.9. The van der Waals surface area contributed by atoms with Gasteiger partial charge in [0, 0.05) is 31.6 Å². The summed E-state index contributed by atoms with van der Waals surface area (Å²) in [5.74, 6) is -1.38. The molecule has 0 aliphatic carbocycles. The number of hydrogen-bond acceptors (Lipinski definition) is 5. The number of benzene rings is 4. The lowest BCUT2D eigenvalue weighted by Crippen LogP contribution is -2.32. The van der Waals surface area contributed by atoms with Crippen LogP contribution >= 0.6 is 0 Å². The Balaban J connectivity index is 1.44. The molecule has 7 heteroatoms. The van der Waals surface area contributed by atoms with E-state index in [1.54, 1.807) is 17.0 Å². The van der Waals surface area contributed by atoms with Crippen LogP contribution in [0.15, 0.2) is 102 Å². The number of fused-ring (bicyclic) bond motifs is 1. The topological polar surface area (TPSA) is 99.1 Å². The van der Waals surface area contributed by atoms with Crippen molar-refractivity contribution in [2.75, 3.05) is 0 Å². The number of rotatable bonds is 14. The third-order valence-electron chi connectivity index (χ3n) is 7.49. The number of carbonyl (C=O) groups excluding carboxylic acids is 3. The third-order valence-corrected chi connectivity index (χ3v) is 7.49. The predicted octanol–water partition coefficient (Wildman–Crippen LogP) is 7.04. The zero-order valence-electron chi connectivity index (χ0n) is 24.8. The average Bonchev–Trinajstić information content (AvgIpc) is 3.03. The Hall–Kier alpha value is -4.78. The van der Waals surface area contributed by atoms with Gasteiger partial charge in [0.15, 0.2) is 0 Å². The first-order valence-corrected chi connectivity index (χ1v) is 14.9. The number of nitrogens with zero attached hydrogens (tertiary/aromatic N) is 2. The highest BCUT2D eigenvalue weighted by molar-refractivity contribution is 6.07. The van der Waals surface area contributed by atoms with Crippen LogP contribution < -0.4 is 5.43 Å². The van der Waals surface area contributed by atoms with Gasteiger partial charge in [0.2, 0.25) is 5.91 Å². The normalized spacial score (nSPS) is 12.1. The molecule has 0 bridgehead atoms. The quantitative estimate of drug-likeness (QED) is 0.124. The van der Waals surface area contributed by atoms with Crippen molar-refractivity contribution in [3.8, 4) is 5.75 Å². The van der Waals surface area contributed by atoms with Crippen LogP contribution in [0.5, 0.6) is 5.75 Å². The summed E-state index contributed by atoms with van der Waals surface area (Å²) < 4.78 is 0. The van der Waals surface area contributed by atoms with Crippen LogP contribution in [-0.4, -0.2) is 33.3 Å². The summed E-state index contributed by atoms with van der Waals surface area (Å²) in [6.07, 6.45) is 1.93. The van der Waals surface area contributed by atoms with Crippen molar-refractivity contribution in [3.05, 3.63) is 114 Å². The molecule has 4 aromatic rings. The van der Waals surface area contributed by atoms with Crippen molar-refractivity contribution in [2.45, 2.75) is 59.0 Å². The van der Waals surface area contributed by atoms with Gasteiger partial charge in [0.05, 0.1) is 11.5 Å². The molecule has 222 valence electrons. The molecule has 0 saturated heterocycles. The van der Waals surface area contributed by atoms with E-state index in [1.807, 2.05) is 98.8 Å². The SMILES string of the molecule is CCC/C(=N/NC(=O)c1cc2ccccc2cc1O)C(CC)C(=O)CCC(=O)N(Cc1ccccc1)Cc1ccccc1. The fourth-order valence-electron chi connectivity index (χ4n) is 5.21. The van der Waals surface area contributed by atoms with Crippen LogP contribution in [0.2, 0.25) is 0 Å². The van der Waals surface area contributed by atoms with E-state index >= 15 is 0 Å². The minimum Gasteiger partial charge on any atom is -0.507 e. The maximum absolute atomic E-state index is 13.4. The van der Waals surface area contributed by atoms with Crippen molar-refractivity contribution in [1.82, 2.24) is 10.3 Å². The number of nitrogens with one attached hydrogen (secondary N) is 1. The molecule has 0 aliphatic rings. The molecule has 1 unspecified atom stereocenters. The number of aromatic hydroxyl groups is 1. The Morgan fingerprint density at radius 3 is 1.88 bits per heavy atom. The Labute approximate surface area is 253 Å². The second-order valence-electron chi connectivity index (χ2n) is 10.7. The molecule has 2 amide bonds. The Morgan fingerprint density at radius 1 is 0.767 bits per heavy atom. The van der Waals surface area contributed by atoms with Gasteiger partial charge in [-0.25, -0.2) is 5.43 Å². The number of hydrogen-bond donors (Lipinski definition) is 2. The number of ketones is 1. The zero-order chi connectivity index (χ0) is 30.6. The van der Waals surface area contributed by atoms with E-state index in [0.717, 1.165) is 28.3 Å². The summed E-state index contributed by atoms with van der Waals surface area (Å²) in [4.78, 5) is 41.6. The number of phenolic OH excluding ortho intramolecular Hbond substituents is 1. The lowest BCUT2D eigenvalue weighted by Gasteiger charge is -2.24. The molecule has 0 radical (unpaired) electrons. The minimum absolute atomic E-state index is 0.0785. The number of phenols is 1. The molecular formula is C36H39N3O4. The Kier molecular flexibility index (Phi) is 11.2. The highest BCUT2D eigenvalue weighted by Gasteiger charge is 2.25. The molecule has 7 nitrogen and oxygen atoms in total. The van der Waals surface area contributed by atoms with Gasteiger partial charge < -0.3 is 10.0 Å². The largest absolute Gasteiger partial charge is 0.507 e. The molecule has 1 atom stereocenters. The minimum atomic E-state index is -0.549.